The number of carbonyl (C=O) groups is 1. The van der Waals surface area contributed by atoms with Crippen molar-refractivity contribution in [3.05, 3.63) is 0 Å². The number of nitrogens with two attached hydrogens (primary N) is 1. The molecular weight excluding hydrogens is 180 g/mol. The lowest BCUT2D eigenvalue weighted by molar-refractivity contribution is -0.118. The van der Waals surface area contributed by atoms with Crippen LogP contribution in [0.15, 0.2) is 0 Å². The summed E-state index contributed by atoms with van der Waals surface area (Å²) in [5.74, 6) is -0.296. The lowest BCUT2D eigenvalue weighted by atomic mass is 9.92. The Morgan fingerprint density at radius 2 is 2.21 bits per heavy atom. The van der Waals surface area contributed by atoms with E-state index in [0.717, 1.165) is 25.7 Å². The highest BCUT2D eigenvalue weighted by atomic mass is 16.3. The van der Waals surface area contributed by atoms with E-state index in [4.69, 9.17) is 5.73 Å². The molecule has 0 aliphatic heterocycles. The van der Waals surface area contributed by atoms with Crippen LogP contribution in [0.3, 0.4) is 0 Å². The van der Waals surface area contributed by atoms with E-state index in [2.05, 4.69) is 5.32 Å². The molecule has 0 saturated heterocycles. The lowest BCUT2D eigenvalue weighted by Gasteiger charge is -2.30. The van der Waals surface area contributed by atoms with Crippen molar-refractivity contribution < 1.29 is 9.90 Å². The van der Waals surface area contributed by atoms with Crippen LogP contribution in [0, 0.1) is 0 Å². The number of aliphatic hydroxyl groups excluding tert-OH is 1. The molecule has 1 aliphatic carbocycles. The van der Waals surface area contributed by atoms with Gasteiger partial charge in [-0.15, -0.1) is 0 Å². The van der Waals surface area contributed by atoms with Gasteiger partial charge in [-0.2, -0.15) is 0 Å². The van der Waals surface area contributed by atoms with E-state index in [0.29, 0.717) is 6.42 Å². The predicted octanol–water partition coefficient (Wildman–Crippen LogP) is 0.143. The monoisotopic (exact) mass is 200 g/mol. The van der Waals surface area contributed by atoms with E-state index in [1.54, 1.807) is 0 Å². The summed E-state index contributed by atoms with van der Waals surface area (Å²) in [6.07, 6.45) is 4.18. The molecule has 0 aromatic carbocycles. The van der Waals surface area contributed by atoms with Gasteiger partial charge < -0.3 is 16.2 Å². The van der Waals surface area contributed by atoms with Crippen LogP contribution < -0.4 is 11.1 Å². The quantitative estimate of drug-likeness (QED) is 0.604. The van der Waals surface area contributed by atoms with Gasteiger partial charge in [-0.3, -0.25) is 4.79 Å². The number of rotatable bonds is 4. The Bertz CT molecular complexity index is 197. The van der Waals surface area contributed by atoms with Gasteiger partial charge in [-0.25, -0.2) is 0 Å². The SMILES string of the molecule is CC(CC(N)=O)NC1CCCCC1O. The van der Waals surface area contributed by atoms with Crippen molar-refractivity contribution in [3.8, 4) is 0 Å². The Labute approximate surface area is 84.9 Å². The summed E-state index contributed by atoms with van der Waals surface area (Å²) in [6.45, 7) is 1.92. The topological polar surface area (TPSA) is 75.4 Å². The third kappa shape index (κ3) is 3.64. The van der Waals surface area contributed by atoms with Gasteiger partial charge in [-0.05, 0) is 19.8 Å². The summed E-state index contributed by atoms with van der Waals surface area (Å²) in [5, 5.41) is 12.9. The van der Waals surface area contributed by atoms with Gasteiger partial charge in [0.05, 0.1) is 6.10 Å². The van der Waals surface area contributed by atoms with Crippen LogP contribution in [0.4, 0.5) is 0 Å². The van der Waals surface area contributed by atoms with Crippen LogP contribution in [-0.4, -0.2) is 29.2 Å². The largest absolute Gasteiger partial charge is 0.392 e. The zero-order chi connectivity index (χ0) is 10.6. The number of nitrogens with one attached hydrogen (secondary N) is 1. The van der Waals surface area contributed by atoms with Crippen molar-refractivity contribution in [1.82, 2.24) is 5.32 Å². The Morgan fingerprint density at radius 3 is 2.79 bits per heavy atom. The summed E-state index contributed by atoms with van der Waals surface area (Å²) < 4.78 is 0. The second kappa shape index (κ2) is 5.32. The van der Waals surface area contributed by atoms with Crippen LogP contribution in [0.25, 0.3) is 0 Å². The lowest BCUT2D eigenvalue weighted by Crippen LogP contribution is -2.47. The summed E-state index contributed by atoms with van der Waals surface area (Å²) in [5.41, 5.74) is 5.09. The Balaban J connectivity index is 2.30. The highest BCUT2D eigenvalue weighted by Gasteiger charge is 2.24. The molecule has 0 radical (unpaired) electrons. The van der Waals surface area contributed by atoms with Crippen LogP contribution in [0.2, 0.25) is 0 Å². The van der Waals surface area contributed by atoms with Gasteiger partial charge in [0, 0.05) is 18.5 Å². The third-order valence-electron chi connectivity index (χ3n) is 2.74. The molecule has 0 bridgehead atoms. The Morgan fingerprint density at radius 1 is 1.57 bits per heavy atom. The second-order valence-electron chi connectivity index (χ2n) is 4.20. The zero-order valence-electron chi connectivity index (χ0n) is 8.70. The van der Waals surface area contributed by atoms with Gasteiger partial charge in [0.1, 0.15) is 0 Å². The zero-order valence-corrected chi connectivity index (χ0v) is 8.70. The number of carbonyl (C=O) groups excluding carboxylic acids is 1. The first-order valence-corrected chi connectivity index (χ1v) is 5.32. The molecule has 4 nitrogen and oxygen atoms in total. The fourth-order valence-corrected chi connectivity index (χ4v) is 2.03. The molecular formula is C10H20N2O2. The van der Waals surface area contributed by atoms with Crippen molar-refractivity contribution in [2.75, 3.05) is 0 Å². The number of primary amides is 1. The molecule has 1 fully saturated rings. The smallest absolute Gasteiger partial charge is 0.218 e. The fourth-order valence-electron chi connectivity index (χ4n) is 2.03. The van der Waals surface area contributed by atoms with Crippen molar-refractivity contribution in [2.45, 2.75) is 57.2 Å². The van der Waals surface area contributed by atoms with Crippen molar-refractivity contribution >= 4 is 5.91 Å². The molecule has 1 amide bonds. The predicted molar refractivity (Wildman–Crippen MR) is 54.7 cm³/mol. The average Bonchev–Trinajstić information content (AvgIpc) is 2.07. The molecule has 4 N–H and O–H groups in total. The number of aliphatic hydroxyl groups is 1. The first-order chi connectivity index (χ1) is 6.59. The van der Waals surface area contributed by atoms with E-state index in [1.165, 1.54) is 0 Å². The van der Waals surface area contributed by atoms with E-state index in [1.807, 2.05) is 6.92 Å². The van der Waals surface area contributed by atoms with E-state index < -0.39 is 0 Å². The van der Waals surface area contributed by atoms with Crippen LogP contribution in [0.5, 0.6) is 0 Å². The normalized spacial score (nSPS) is 29.9. The minimum absolute atomic E-state index is 0.0604. The van der Waals surface area contributed by atoms with Gasteiger partial charge >= 0.3 is 0 Å². The maximum absolute atomic E-state index is 10.7. The summed E-state index contributed by atoms with van der Waals surface area (Å²) in [4.78, 5) is 10.7. The number of amides is 1. The molecule has 4 heteroatoms. The molecule has 3 atom stereocenters. The Kier molecular flexibility index (Phi) is 4.35. The molecule has 1 aliphatic rings. The fraction of sp³-hybridized carbons (Fsp3) is 0.900. The van der Waals surface area contributed by atoms with E-state index in [9.17, 15) is 9.90 Å². The molecule has 3 unspecified atom stereocenters. The maximum Gasteiger partial charge on any atom is 0.218 e. The molecule has 82 valence electrons. The van der Waals surface area contributed by atoms with Crippen molar-refractivity contribution in [1.29, 1.82) is 0 Å². The number of hydrogen-bond donors (Lipinski definition) is 3. The van der Waals surface area contributed by atoms with Gasteiger partial charge in [0.25, 0.3) is 0 Å². The molecule has 0 aromatic rings. The third-order valence-corrected chi connectivity index (χ3v) is 2.74. The highest BCUT2D eigenvalue weighted by Crippen LogP contribution is 2.18. The first kappa shape index (κ1) is 11.5. The van der Waals surface area contributed by atoms with Crippen LogP contribution in [-0.2, 0) is 4.79 Å². The average molecular weight is 200 g/mol. The summed E-state index contributed by atoms with van der Waals surface area (Å²) in [7, 11) is 0. The van der Waals surface area contributed by atoms with Crippen molar-refractivity contribution in [3.63, 3.8) is 0 Å². The van der Waals surface area contributed by atoms with Gasteiger partial charge in [-0.1, -0.05) is 12.8 Å². The first-order valence-electron chi connectivity index (χ1n) is 5.32. The number of hydrogen-bond acceptors (Lipinski definition) is 3. The van der Waals surface area contributed by atoms with Gasteiger partial charge in [0.15, 0.2) is 0 Å². The van der Waals surface area contributed by atoms with E-state index >= 15 is 0 Å². The molecule has 1 saturated carbocycles. The minimum Gasteiger partial charge on any atom is -0.392 e. The molecule has 0 aromatic heterocycles. The summed E-state index contributed by atoms with van der Waals surface area (Å²) >= 11 is 0. The molecule has 1 rings (SSSR count). The Hall–Kier alpha value is -0.610. The highest BCUT2D eigenvalue weighted by molar-refractivity contribution is 5.74. The molecule has 0 heterocycles. The minimum atomic E-state index is -0.296. The molecule has 14 heavy (non-hydrogen) atoms. The van der Waals surface area contributed by atoms with Crippen LogP contribution >= 0.6 is 0 Å². The summed E-state index contributed by atoms with van der Waals surface area (Å²) in [6, 6.07) is 0.198. The molecule has 0 spiro atoms. The second-order valence-corrected chi connectivity index (χ2v) is 4.20. The van der Waals surface area contributed by atoms with Crippen LogP contribution in [0.1, 0.15) is 39.0 Å². The standard InChI is InChI=1S/C10H20N2O2/c1-7(6-10(11)14)12-8-4-2-3-5-9(8)13/h7-9,12-13H,2-6H2,1H3,(H2,11,14). The van der Waals surface area contributed by atoms with Crippen molar-refractivity contribution in [2.24, 2.45) is 5.73 Å². The van der Waals surface area contributed by atoms with Gasteiger partial charge in [0.2, 0.25) is 5.91 Å². The van der Waals surface area contributed by atoms with E-state index in [-0.39, 0.29) is 24.1 Å². The maximum atomic E-state index is 10.7.